The molecule has 0 spiro atoms. The summed E-state index contributed by atoms with van der Waals surface area (Å²) in [6.45, 7) is 2.58. The summed E-state index contributed by atoms with van der Waals surface area (Å²) >= 11 is 0. The van der Waals surface area contributed by atoms with E-state index in [1.807, 2.05) is 24.3 Å². The Morgan fingerprint density at radius 3 is 2.43 bits per heavy atom. The number of rotatable bonds is 7. The summed E-state index contributed by atoms with van der Waals surface area (Å²) in [4.78, 5) is 12.2. The molecule has 0 aliphatic heterocycles. The number of hydrogen-bond acceptors (Lipinski definition) is 4. The summed E-state index contributed by atoms with van der Waals surface area (Å²) in [7, 11) is 1.53. The molecule has 0 radical (unpaired) electrons. The van der Waals surface area contributed by atoms with E-state index in [-0.39, 0.29) is 5.91 Å². The van der Waals surface area contributed by atoms with Crippen molar-refractivity contribution in [3.05, 3.63) is 95.1 Å². The van der Waals surface area contributed by atoms with E-state index in [1.165, 1.54) is 12.7 Å². The quantitative estimate of drug-likeness (QED) is 0.494. The molecule has 0 aliphatic rings. The van der Waals surface area contributed by atoms with E-state index in [1.54, 1.807) is 30.5 Å². The van der Waals surface area contributed by atoms with Crippen LogP contribution in [0.2, 0.25) is 0 Å². The van der Waals surface area contributed by atoms with E-state index < -0.39 is 0 Å². The zero-order valence-corrected chi connectivity index (χ0v) is 15.9. The number of aryl methyl sites for hydroxylation is 1. The van der Waals surface area contributed by atoms with Crippen LogP contribution in [0, 0.1) is 6.92 Å². The van der Waals surface area contributed by atoms with Crippen molar-refractivity contribution in [2.45, 2.75) is 13.5 Å². The topological polar surface area (TPSA) is 59.9 Å². The maximum Gasteiger partial charge on any atom is 0.275 e. The third-order valence-electron chi connectivity index (χ3n) is 4.14. The zero-order chi connectivity index (χ0) is 19.8. The predicted octanol–water partition coefficient (Wildman–Crippen LogP) is 4.35. The van der Waals surface area contributed by atoms with Gasteiger partial charge in [0.2, 0.25) is 0 Å². The highest BCUT2D eigenvalue weighted by Gasteiger charge is 2.09. The smallest absolute Gasteiger partial charge is 0.275 e. The number of amides is 1. The molecule has 0 aliphatic carbocycles. The van der Waals surface area contributed by atoms with Crippen LogP contribution in [0.1, 0.15) is 27.0 Å². The fraction of sp³-hybridized carbons (Fsp3) is 0.130. The van der Waals surface area contributed by atoms with E-state index in [0.29, 0.717) is 17.9 Å². The summed E-state index contributed by atoms with van der Waals surface area (Å²) in [6, 6.07) is 22.7. The monoisotopic (exact) mass is 374 g/mol. The van der Waals surface area contributed by atoms with Gasteiger partial charge in [0.15, 0.2) is 0 Å². The zero-order valence-electron chi connectivity index (χ0n) is 15.9. The summed E-state index contributed by atoms with van der Waals surface area (Å²) < 4.78 is 11.0. The van der Waals surface area contributed by atoms with Crippen LogP contribution >= 0.6 is 0 Å². The number of carbonyl (C=O) groups is 1. The van der Waals surface area contributed by atoms with Gasteiger partial charge in [0, 0.05) is 0 Å². The van der Waals surface area contributed by atoms with Crippen molar-refractivity contribution in [3.8, 4) is 11.5 Å². The second-order valence-electron chi connectivity index (χ2n) is 6.24. The van der Waals surface area contributed by atoms with Crippen LogP contribution in [-0.2, 0) is 6.61 Å². The van der Waals surface area contributed by atoms with E-state index >= 15 is 0 Å². The van der Waals surface area contributed by atoms with E-state index in [0.717, 1.165) is 16.9 Å². The highest BCUT2D eigenvalue weighted by molar-refractivity contribution is 5.97. The molecule has 5 nitrogen and oxygen atoms in total. The SMILES string of the molecule is COc1ccccc1C(=O)NN=Cc1ccc(OCc2ccc(C)cc2)cc1. The van der Waals surface area contributed by atoms with Crippen molar-refractivity contribution in [2.24, 2.45) is 5.10 Å². The molecule has 0 heterocycles. The first kappa shape index (κ1) is 19.2. The molecule has 0 aromatic heterocycles. The van der Waals surface area contributed by atoms with E-state index in [9.17, 15) is 4.79 Å². The fourth-order valence-corrected chi connectivity index (χ4v) is 2.56. The van der Waals surface area contributed by atoms with Crippen LogP contribution in [0.3, 0.4) is 0 Å². The number of hydrazone groups is 1. The molecule has 0 fully saturated rings. The highest BCUT2D eigenvalue weighted by Crippen LogP contribution is 2.17. The Hall–Kier alpha value is -3.60. The second-order valence-corrected chi connectivity index (χ2v) is 6.24. The molecular formula is C23H22N2O3. The predicted molar refractivity (Wildman–Crippen MR) is 110 cm³/mol. The van der Waals surface area contributed by atoms with Gasteiger partial charge in [-0.15, -0.1) is 0 Å². The van der Waals surface area contributed by atoms with E-state index in [4.69, 9.17) is 9.47 Å². The molecule has 0 saturated heterocycles. The third kappa shape index (κ3) is 5.20. The molecule has 28 heavy (non-hydrogen) atoms. The van der Waals surface area contributed by atoms with Crippen LogP contribution in [0.5, 0.6) is 11.5 Å². The van der Waals surface area contributed by atoms with Crippen molar-refractivity contribution in [1.29, 1.82) is 0 Å². The van der Waals surface area contributed by atoms with Crippen molar-refractivity contribution in [3.63, 3.8) is 0 Å². The molecule has 142 valence electrons. The van der Waals surface area contributed by atoms with Gasteiger partial charge in [-0.3, -0.25) is 4.79 Å². The molecule has 5 heteroatoms. The Morgan fingerprint density at radius 1 is 1.00 bits per heavy atom. The molecule has 0 unspecified atom stereocenters. The molecule has 3 aromatic carbocycles. The minimum Gasteiger partial charge on any atom is -0.496 e. The first-order valence-electron chi connectivity index (χ1n) is 8.90. The number of para-hydroxylation sites is 1. The molecule has 3 aromatic rings. The summed E-state index contributed by atoms with van der Waals surface area (Å²) in [5.41, 5.74) is 6.14. The van der Waals surface area contributed by atoms with Gasteiger partial charge < -0.3 is 9.47 Å². The lowest BCUT2D eigenvalue weighted by Gasteiger charge is -2.07. The number of nitrogens with zero attached hydrogens (tertiary/aromatic N) is 1. The molecule has 1 N–H and O–H groups in total. The maximum absolute atomic E-state index is 12.2. The molecule has 0 saturated carbocycles. The first-order valence-corrected chi connectivity index (χ1v) is 8.90. The maximum atomic E-state index is 12.2. The van der Waals surface area contributed by atoms with Gasteiger partial charge in [-0.2, -0.15) is 5.10 Å². The fourth-order valence-electron chi connectivity index (χ4n) is 2.56. The Morgan fingerprint density at radius 2 is 1.71 bits per heavy atom. The summed E-state index contributed by atoms with van der Waals surface area (Å²) in [5.74, 6) is 0.952. The lowest BCUT2D eigenvalue weighted by molar-refractivity contribution is 0.0952. The van der Waals surface area contributed by atoms with Gasteiger partial charge in [-0.25, -0.2) is 5.43 Å². The molecular weight excluding hydrogens is 352 g/mol. The lowest BCUT2D eigenvalue weighted by atomic mass is 10.2. The summed E-state index contributed by atoms with van der Waals surface area (Å²) in [6.07, 6.45) is 1.58. The van der Waals surface area contributed by atoms with Gasteiger partial charge in [-0.05, 0) is 54.4 Å². The molecule has 1 amide bonds. The minimum atomic E-state index is -0.327. The largest absolute Gasteiger partial charge is 0.496 e. The van der Waals surface area contributed by atoms with Gasteiger partial charge in [0.1, 0.15) is 18.1 Å². The van der Waals surface area contributed by atoms with Crippen molar-refractivity contribution < 1.29 is 14.3 Å². The number of ether oxygens (including phenoxy) is 2. The minimum absolute atomic E-state index is 0.327. The Labute approximate surface area is 164 Å². The summed E-state index contributed by atoms with van der Waals surface area (Å²) in [5, 5.41) is 4.00. The van der Waals surface area contributed by atoms with Crippen LogP contribution in [0.15, 0.2) is 77.9 Å². The van der Waals surface area contributed by atoms with Crippen molar-refractivity contribution in [1.82, 2.24) is 5.43 Å². The Kier molecular flexibility index (Phi) is 6.41. The lowest BCUT2D eigenvalue weighted by Crippen LogP contribution is -2.18. The number of hydrogen-bond donors (Lipinski definition) is 1. The van der Waals surface area contributed by atoms with E-state index in [2.05, 4.69) is 41.7 Å². The van der Waals surface area contributed by atoms with Gasteiger partial charge in [0.25, 0.3) is 5.91 Å². The molecule has 0 atom stereocenters. The average molecular weight is 374 g/mol. The van der Waals surface area contributed by atoms with Crippen LogP contribution in [0.25, 0.3) is 0 Å². The molecule has 0 bridgehead atoms. The van der Waals surface area contributed by atoms with Crippen molar-refractivity contribution >= 4 is 12.1 Å². The molecule has 3 rings (SSSR count). The Bertz CT molecular complexity index is 948. The van der Waals surface area contributed by atoms with Gasteiger partial charge in [0.05, 0.1) is 18.9 Å². The normalized spacial score (nSPS) is 10.6. The Balaban J connectivity index is 1.53. The van der Waals surface area contributed by atoms with Crippen molar-refractivity contribution in [2.75, 3.05) is 7.11 Å². The average Bonchev–Trinajstić information content (AvgIpc) is 2.74. The number of methoxy groups -OCH3 is 1. The van der Waals surface area contributed by atoms with Crippen LogP contribution < -0.4 is 14.9 Å². The van der Waals surface area contributed by atoms with Gasteiger partial charge >= 0.3 is 0 Å². The van der Waals surface area contributed by atoms with Crippen LogP contribution in [-0.4, -0.2) is 19.2 Å². The first-order chi connectivity index (χ1) is 13.7. The number of nitrogens with one attached hydrogen (secondary N) is 1. The number of carbonyl (C=O) groups excluding carboxylic acids is 1. The number of benzene rings is 3. The standard InChI is InChI=1S/C23H22N2O3/c1-17-7-9-19(10-8-17)16-28-20-13-11-18(12-14-20)15-24-25-23(26)21-5-3-4-6-22(21)27-2/h3-15H,16H2,1-2H3,(H,25,26). The highest BCUT2D eigenvalue weighted by atomic mass is 16.5. The second kappa shape index (κ2) is 9.37. The third-order valence-corrected chi connectivity index (χ3v) is 4.14. The van der Waals surface area contributed by atoms with Gasteiger partial charge in [-0.1, -0.05) is 42.0 Å². The van der Waals surface area contributed by atoms with Crippen LogP contribution in [0.4, 0.5) is 0 Å².